The minimum Gasteiger partial charge on any atom is -0.481 e. The number of nitrogens with zero attached hydrogens (tertiary/aromatic N) is 2. The molecule has 4 nitrogen and oxygen atoms in total. The molecule has 1 atom stereocenters. The van der Waals surface area contributed by atoms with Gasteiger partial charge >= 0.3 is 5.97 Å². The van der Waals surface area contributed by atoms with Crippen molar-refractivity contribution in [1.29, 1.82) is 0 Å². The molecule has 0 radical (unpaired) electrons. The van der Waals surface area contributed by atoms with Gasteiger partial charge in [-0.25, -0.2) is 4.98 Å². The van der Waals surface area contributed by atoms with Crippen molar-refractivity contribution in [3.05, 3.63) is 48.0 Å². The van der Waals surface area contributed by atoms with Crippen LogP contribution in [0, 0.1) is 5.92 Å². The van der Waals surface area contributed by atoms with Crippen LogP contribution >= 0.6 is 0 Å². The van der Waals surface area contributed by atoms with Gasteiger partial charge in [0, 0.05) is 11.9 Å². The molecule has 1 N–H and O–H groups in total. The first-order valence-electron chi connectivity index (χ1n) is 6.83. The second kappa shape index (κ2) is 5.90. The smallest absolute Gasteiger partial charge is 0.306 e. The molecule has 1 aromatic heterocycles. The van der Waals surface area contributed by atoms with Crippen molar-refractivity contribution in [3.8, 4) is 5.69 Å². The van der Waals surface area contributed by atoms with Gasteiger partial charge in [0.1, 0.15) is 0 Å². The number of carboxylic acid groups (broad SMARTS) is 1. The normalized spacial score (nSPS) is 12.6. The van der Waals surface area contributed by atoms with Crippen LogP contribution in [0.3, 0.4) is 0 Å². The molecule has 1 unspecified atom stereocenters. The summed E-state index contributed by atoms with van der Waals surface area (Å²) in [5, 5.41) is 8.92. The highest BCUT2D eigenvalue weighted by Crippen LogP contribution is 2.16. The number of carboxylic acids is 1. The summed E-state index contributed by atoms with van der Waals surface area (Å²) in [6.07, 6.45) is 4.39. The molecule has 0 aliphatic carbocycles. The molecule has 0 amide bonds. The molecular formula is C16H20N2O2. The van der Waals surface area contributed by atoms with E-state index in [1.807, 2.05) is 41.4 Å². The van der Waals surface area contributed by atoms with Crippen LogP contribution < -0.4 is 0 Å². The van der Waals surface area contributed by atoms with Crippen LogP contribution in [0.4, 0.5) is 0 Å². The van der Waals surface area contributed by atoms with Gasteiger partial charge in [0.2, 0.25) is 0 Å². The molecule has 0 saturated carbocycles. The zero-order chi connectivity index (χ0) is 14.7. The lowest BCUT2D eigenvalue weighted by Gasteiger charge is -2.07. The van der Waals surface area contributed by atoms with Crippen molar-refractivity contribution in [3.63, 3.8) is 0 Å². The Kier molecular flexibility index (Phi) is 4.23. The molecule has 0 saturated heterocycles. The Balaban J connectivity index is 2.13. The van der Waals surface area contributed by atoms with E-state index in [0.29, 0.717) is 12.3 Å². The van der Waals surface area contributed by atoms with Gasteiger partial charge in [-0.05, 0) is 30.0 Å². The van der Waals surface area contributed by atoms with Crippen LogP contribution in [0.25, 0.3) is 5.69 Å². The summed E-state index contributed by atoms with van der Waals surface area (Å²) in [5.41, 5.74) is 3.14. The maximum absolute atomic E-state index is 10.8. The molecule has 0 aliphatic heterocycles. The molecule has 1 aromatic carbocycles. The Bertz CT molecular complexity index is 585. The average molecular weight is 272 g/mol. The lowest BCUT2D eigenvalue weighted by Crippen LogP contribution is -2.12. The molecular weight excluding hydrogens is 252 g/mol. The Morgan fingerprint density at radius 1 is 1.25 bits per heavy atom. The summed E-state index contributed by atoms with van der Waals surface area (Å²) in [4.78, 5) is 15.2. The minimum absolute atomic E-state index is 0.360. The average Bonchev–Trinajstić information content (AvgIpc) is 2.89. The van der Waals surface area contributed by atoms with Crippen LogP contribution in [0.5, 0.6) is 0 Å². The predicted octanol–water partition coefficient (Wildman–Crippen LogP) is 3.26. The minimum atomic E-state index is -0.759. The third-order valence-corrected chi connectivity index (χ3v) is 3.39. The number of imidazole rings is 1. The number of hydrogen-bond donors (Lipinski definition) is 1. The maximum Gasteiger partial charge on any atom is 0.306 e. The fourth-order valence-electron chi connectivity index (χ4n) is 2.02. The largest absolute Gasteiger partial charge is 0.481 e. The van der Waals surface area contributed by atoms with E-state index in [1.165, 1.54) is 0 Å². The first kappa shape index (κ1) is 14.3. The molecule has 2 rings (SSSR count). The second-order valence-corrected chi connectivity index (χ2v) is 5.47. The van der Waals surface area contributed by atoms with Crippen LogP contribution in [-0.2, 0) is 11.2 Å². The highest BCUT2D eigenvalue weighted by atomic mass is 16.4. The molecule has 0 spiro atoms. The predicted molar refractivity (Wildman–Crippen MR) is 78.2 cm³/mol. The van der Waals surface area contributed by atoms with Gasteiger partial charge in [-0.15, -0.1) is 0 Å². The van der Waals surface area contributed by atoms with E-state index >= 15 is 0 Å². The van der Waals surface area contributed by atoms with Gasteiger partial charge in [0.25, 0.3) is 0 Å². The maximum atomic E-state index is 10.8. The fourth-order valence-corrected chi connectivity index (χ4v) is 2.02. The lowest BCUT2D eigenvalue weighted by molar-refractivity contribution is -0.141. The third-order valence-electron chi connectivity index (χ3n) is 3.39. The van der Waals surface area contributed by atoms with E-state index < -0.39 is 5.97 Å². The van der Waals surface area contributed by atoms with Crippen molar-refractivity contribution in [2.45, 2.75) is 33.1 Å². The Hall–Kier alpha value is -2.10. The SMILES string of the molecule is CC(Cc1ccc(-n2cnc(C(C)C)c2)cc1)C(=O)O. The van der Waals surface area contributed by atoms with E-state index in [1.54, 1.807) is 6.92 Å². The van der Waals surface area contributed by atoms with Gasteiger partial charge < -0.3 is 9.67 Å². The zero-order valence-electron chi connectivity index (χ0n) is 12.1. The summed E-state index contributed by atoms with van der Waals surface area (Å²) >= 11 is 0. The highest BCUT2D eigenvalue weighted by molar-refractivity contribution is 5.69. The topological polar surface area (TPSA) is 55.1 Å². The van der Waals surface area contributed by atoms with Gasteiger partial charge in [-0.2, -0.15) is 0 Å². The van der Waals surface area contributed by atoms with Crippen molar-refractivity contribution < 1.29 is 9.90 Å². The van der Waals surface area contributed by atoms with Crippen molar-refractivity contribution in [2.75, 3.05) is 0 Å². The van der Waals surface area contributed by atoms with Crippen molar-refractivity contribution in [2.24, 2.45) is 5.92 Å². The molecule has 2 aromatic rings. The van der Waals surface area contributed by atoms with E-state index in [9.17, 15) is 4.79 Å². The summed E-state index contributed by atoms with van der Waals surface area (Å²) in [6, 6.07) is 7.94. The number of carbonyl (C=O) groups is 1. The number of hydrogen-bond acceptors (Lipinski definition) is 2. The van der Waals surface area contributed by atoms with Crippen LogP contribution in [-0.4, -0.2) is 20.6 Å². The quantitative estimate of drug-likeness (QED) is 0.909. The molecule has 0 fully saturated rings. The lowest BCUT2D eigenvalue weighted by atomic mass is 10.0. The van der Waals surface area contributed by atoms with Gasteiger partial charge in [0.05, 0.1) is 17.9 Å². The Labute approximate surface area is 119 Å². The summed E-state index contributed by atoms with van der Waals surface area (Å²) < 4.78 is 1.99. The number of benzene rings is 1. The number of rotatable bonds is 5. The molecule has 4 heteroatoms. The van der Waals surface area contributed by atoms with Crippen LogP contribution in [0.15, 0.2) is 36.8 Å². The molecule has 0 bridgehead atoms. The molecule has 106 valence electrons. The first-order valence-corrected chi connectivity index (χ1v) is 6.83. The molecule has 1 heterocycles. The monoisotopic (exact) mass is 272 g/mol. The Morgan fingerprint density at radius 3 is 2.40 bits per heavy atom. The van der Waals surface area contributed by atoms with Crippen LogP contribution in [0.2, 0.25) is 0 Å². The summed E-state index contributed by atoms with van der Waals surface area (Å²) in [6.45, 7) is 5.95. The van der Waals surface area contributed by atoms with E-state index in [4.69, 9.17) is 5.11 Å². The fraction of sp³-hybridized carbons (Fsp3) is 0.375. The van der Waals surface area contributed by atoms with Crippen molar-refractivity contribution >= 4 is 5.97 Å². The van der Waals surface area contributed by atoms with E-state index in [0.717, 1.165) is 16.9 Å². The second-order valence-electron chi connectivity index (χ2n) is 5.47. The van der Waals surface area contributed by atoms with E-state index in [-0.39, 0.29) is 5.92 Å². The molecule has 20 heavy (non-hydrogen) atoms. The Morgan fingerprint density at radius 2 is 1.90 bits per heavy atom. The standard InChI is InChI=1S/C16H20N2O2/c1-11(2)15-9-18(10-17-15)14-6-4-13(5-7-14)8-12(3)16(19)20/h4-7,9-12H,8H2,1-3H3,(H,19,20). The molecule has 0 aliphatic rings. The number of aromatic nitrogens is 2. The third kappa shape index (κ3) is 3.26. The van der Waals surface area contributed by atoms with Crippen LogP contribution in [0.1, 0.15) is 37.9 Å². The van der Waals surface area contributed by atoms with Gasteiger partial charge in [0.15, 0.2) is 0 Å². The van der Waals surface area contributed by atoms with Gasteiger partial charge in [-0.3, -0.25) is 4.79 Å². The number of aliphatic carboxylic acids is 1. The summed E-state index contributed by atoms with van der Waals surface area (Å²) in [7, 11) is 0. The zero-order valence-corrected chi connectivity index (χ0v) is 12.1. The summed E-state index contributed by atoms with van der Waals surface area (Å²) in [5.74, 6) is -0.709. The van der Waals surface area contributed by atoms with E-state index in [2.05, 4.69) is 18.8 Å². The van der Waals surface area contributed by atoms with Crippen molar-refractivity contribution in [1.82, 2.24) is 9.55 Å². The highest BCUT2D eigenvalue weighted by Gasteiger charge is 2.11. The van der Waals surface area contributed by atoms with Gasteiger partial charge in [-0.1, -0.05) is 32.9 Å². The first-order chi connectivity index (χ1) is 9.47.